The molecule has 0 aromatic heterocycles. The maximum Gasteiger partial charge on any atom is 0.320 e. The number of hydrogen-bond acceptors (Lipinski definition) is 5. The SMILES string of the molecule is NC(Cc1c(O)ccc2c1OCO2)C(=O)O. The first kappa shape index (κ1) is 10.6. The van der Waals surface area contributed by atoms with Gasteiger partial charge in [0.15, 0.2) is 11.5 Å². The molecule has 0 bridgehead atoms. The molecule has 0 aliphatic carbocycles. The summed E-state index contributed by atoms with van der Waals surface area (Å²) in [6.45, 7) is 0.0636. The third kappa shape index (κ3) is 1.74. The highest BCUT2D eigenvalue weighted by Crippen LogP contribution is 2.40. The predicted molar refractivity (Wildman–Crippen MR) is 53.5 cm³/mol. The fourth-order valence-electron chi connectivity index (χ4n) is 1.52. The van der Waals surface area contributed by atoms with Crippen molar-refractivity contribution in [2.45, 2.75) is 12.5 Å². The van der Waals surface area contributed by atoms with Crippen molar-refractivity contribution in [2.24, 2.45) is 5.73 Å². The highest BCUT2D eigenvalue weighted by molar-refractivity contribution is 5.74. The first-order chi connectivity index (χ1) is 7.59. The molecule has 16 heavy (non-hydrogen) atoms. The number of ether oxygens (including phenoxy) is 2. The van der Waals surface area contributed by atoms with E-state index in [1.165, 1.54) is 6.07 Å². The van der Waals surface area contributed by atoms with Crippen LogP contribution in [0.15, 0.2) is 12.1 Å². The molecule has 1 aromatic carbocycles. The van der Waals surface area contributed by atoms with E-state index in [9.17, 15) is 9.90 Å². The number of rotatable bonds is 3. The van der Waals surface area contributed by atoms with Gasteiger partial charge in [0.05, 0.1) is 0 Å². The summed E-state index contributed by atoms with van der Waals surface area (Å²) in [6, 6.07) is 1.91. The van der Waals surface area contributed by atoms with Crippen molar-refractivity contribution < 1.29 is 24.5 Å². The number of carbonyl (C=O) groups is 1. The van der Waals surface area contributed by atoms with Gasteiger partial charge in [0.1, 0.15) is 11.8 Å². The first-order valence-electron chi connectivity index (χ1n) is 4.68. The monoisotopic (exact) mass is 225 g/mol. The van der Waals surface area contributed by atoms with Gasteiger partial charge in [0.25, 0.3) is 0 Å². The summed E-state index contributed by atoms with van der Waals surface area (Å²) in [7, 11) is 0. The summed E-state index contributed by atoms with van der Waals surface area (Å²) in [5, 5.41) is 18.3. The van der Waals surface area contributed by atoms with Crippen molar-refractivity contribution >= 4 is 5.97 Å². The number of aromatic hydroxyl groups is 1. The van der Waals surface area contributed by atoms with E-state index >= 15 is 0 Å². The Hall–Kier alpha value is -1.95. The Bertz CT molecular complexity index is 431. The van der Waals surface area contributed by atoms with E-state index < -0.39 is 12.0 Å². The van der Waals surface area contributed by atoms with Gasteiger partial charge in [0, 0.05) is 12.0 Å². The number of carboxylic acids is 1. The van der Waals surface area contributed by atoms with E-state index in [2.05, 4.69) is 0 Å². The van der Waals surface area contributed by atoms with Gasteiger partial charge >= 0.3 is 5.97 Å². The summed E-state index contributed by atoms with van der Waals surface area (Å²) in [5.41, 5.74) is 5.77. The zero-order valence-corrected chi connectivity index (χ0v) is 8.34. The maximum atomic E-state index is 10.6. The van der Waals surface area contributed by atoms with Gasteiger partial charge in [-0.1, -0.05) is 0 Å². The standard InChI is InChI=1S/C10H11NO5/c11-6(10(13)14)3-5-7(12)1-2-8-9(5)16-4-15-8/h1-2,6,12H,3-4,11H2,(H,13,14). The molecule has 6 nitrogen and oxygen atoms in total. The third-order valence-electron chi connectivity index (χ3n) is 2.36. The van der Waals surface area contributed by atoms with Crippen LogP contribution in [0.25, 0.3) is 0 Å². The number of benzene rings is 1. The second-order valence-corrected chi connectivity index (χ2v) is 3.45. The van der Waals surface area contributed by atoms with Crippen LogP contribution in [0.5, 0.6) is 17.2 Å². The van der Waals surface area contributed by atoms with Gasteiger partial charge in [-0.3, -0.25) is 4.79 Å². The molecule has 0 saturated heterocycles. The van der Waals surface area contributed by atoms with Crippen molar-refractivity contribution in [3.8, 4) is 17.2 Å². The number of phenolic OH excluding ortho intramolecular Hbond substituents is 1. The van der Waals surface area contributed by atoms with E-state index in [1.807, 2.05) is 0 Å². The minimum absolute atomic E-state index is 0.00625. The molecule has 0 fully saturated rings. The van der Waals surface area contributed by atoms with Gasteiger partial charge in [0.2, 0.25) is 6.79 Å². The zero-order valence-electron chi connectivity index (χ0n) is 8.34. The largest absolute Gasteiger partial charge is 0.508 e. The Morgan fingerprint density at radius 1 is 1.50 bits per heavy atom. The number of nitrogens with two attached hydrogens (primary N) is 1. The Balaban J connectivity index is 2.33. The lowest BCUT2D eigenvalue weighted by molar-refractivity contribution is -0.138. The molecule has 0 saturated carbocycles. The van der Waals surface area contributed by atoms with Crippen molar-refractivity contribution in [2.75, 3.05) is 6.79 Å². The van der Waals surface area contributed by atoms with E-state index in [0.717, 1.165) is 0 Å². The summed E-state index contributed by atoms with van der Waals surface area (Å²) in [5.74, 6) is -0.307. The average Bonchev–Trinajstić information content (AvgIpc) is 2.70. The molecule has 4 N–H and O–H groups in total. The molecule has 0 spiro atoms. The first-order valence-corrected chi connectivity index (χ1v) is 4.68. The molecule has 2 rings (SSSR count). The molecule has 6 heteroatoms. The normalized spacial score (nSPS) is 14.8. The van der Waals surface area contributed by atoms with Crippen LogP contribution >= 0.6 is 0 Å². The number of aliphatic carboxylic acids is 1. The molecule has 1 unspecified atom stereocenters. The van der Waals surface area contributed by atoms with Crippen LogP contribution in [0.4, 0.5) is 0 Å². The van der Waals surface area contributed by atoms with Crippen LogP contribution < -0.4 is 15.2 Å². The maximum absolute atomic E-state index is 10.6. The second-order valence-electron chi connectivity index (χ2n) is 3.45. The smallest absolute Gasteiger partial charge is 0.320 e. The number of fused-ring (bicyclic) bond motifs is 1. The fraction of sp³-hybridized carbons (Fsp3) is 0.300. The Kier molecular flexibility index (Phi) is 2.57. The molecule has 1 aliphatic rings. The molecule has 0 radical (unpaired) electrons. The molecular weight excluding hydrogens is 214 g/mol. The lowest BCUT2D eigenvalue weighted by atomic mass is 10.0. The minimum Gasteiger partial charge on any atom is -0.508 e. The highest BCUT2D eigenvalue weighted by Gasteiger charge is 2.24. The van der Waals surface area contributed by atoms with Crippen molar-refractivity contribution in [3.05, 3.63) is 17.7 Å². The molecule has 1 aromatic rings. The number of hydrogen-bond donors (Lipinski definition) is 3. The Morgan fingerprint density at radius 2 is 2.25 bits per heavy atom. The van der Waals surface area contributed by atoms with Gasteiger partial charge in [-0.2, -0.15) is 0 Å². The van der Waals surface area contributed by atoms with Gasteiger partial charge in [-0.25, -0.2) is 0 Å². The second kappa shape index (κ2) is 3.90. The molecule has 0 amide bonds. The molecule has 1 atom stereocenters. The Labute approximate surface area is 91.2 Å². The topological polar surface area (TPSA) is 102 Å². The molecule has 1 aliphatic heterocycles. The summed E-state index contributed by atoms with van der Waals surface area (Å²) in [6.07, 6.45) is -0.00625. The van der Waals surface area contributed by atoms with Gasteiger partial charge in [-0.15, -0.1) is 0 Å². The van der Waals surface area contributed by atoms with Crippen LogP contribution in [0.1, 0.15) is 5.56 Å². The number of carboxylic acid groups (broad SMARTS) is 1. The summed E-state index contributed by atoms with van der Waals surface area (Å²) in [4.78, 5) is 10.6. The van der Waals surface area contributed by atoms with Crippen LogP contribution in [-0.2, 0) is 11.2 Å². The van der Waals surface area contributed by atoms with Gasteiger partial charge in [-0.05, 0) is 12.1 Å². The minimum atomic E-state index is -1.13. The third-order valence-corrected chi connectivity index (χ3v) is 2.36. The van der Waals surface area contributed by atoms with E-state index in [1.54, 1.807) is 6.07 Å². The highest BCUT2D eigenvalue weighted by atomic mass is 16.7. The molecular formula is C10H11NO5. The quantitative estimate of drug-likeness (QED) is 0.673. The van der Waals surface area contributed by atoms with Crippen LogP contribution in [-0.4, -0.2) is 29.0 Å². The van der Waals surface area contributed by atoms with Gasteiger partial charge < -0.3 is 25.4 Å². The van der Waals surface area contributed by atoms with Crippen LogP contribution in [0, 0.1) is 0 Å². The summed E-state index contributed by atoms with van der Waals surface area (Å²) < 4.78 is 10.3. The predicted octanol–water partition coefficient (Wildman–Crippen LogP) is 0.0753. The summed E-state index contributed by atoms with van der Waals surface area (Å²) >= 11 is 0. The fourth-order valence-corrected chi connectivity index (χ4v) is 1.52. The van der Waals surface area contributed by atoms with Crippen molar-refractivity contribution in [1.29, 1.82) is 0 Å². The van der Waals surface area contributed by atoms with E-state index in [-0.39, 0.29) is 19.0 Å². The zero-order chi connectivity index (χ0) is 11.7. The van der Waals surface area contributed by atoms with Crippen molar-refractivity contribution in [3.63, 3.8) is 0 Å². The lowest BCUT2D eigenvalue weighted by Crippen LogP contribution is -2.32. The van der Waals surface area contributed by atoms with Crippen LogP contribution in [0.3, 0.4) is 0 Å². The van der Waals surface area contributed by atoms with Crippen LogP contribution in [0.2, 0.25) is 0 Å². The molecule has 86 valence electrons. The Morgan fingerprint density at radius 3 is 2.94 bits per heavy atom. The lowest BCUT2D eigenvalue weighted by Gasteiger charge is -2.10. The number of phenols is 1. The molecule has 1 heterocycles. The van der Waals surface area contributed by atoms with E-state index in [0.29, 0.717) is 17.1 Å². The van der Waals surface area contributed by atoms with E-state index in [4.69, 9.17) is 20.3 Å². The average molecular weight is 225 g/mol. The van der Waals surface area contributed by atoms with Crippen molar-refractivity contribution in [1.82, 2.24) is 0 Å².